The molecule has 2 aromatic heterocycles. The third kappa shape index (κ3) is 2.35. The molecular formula is C17H18N4S. The number of fused-ring (bicyclic) bond motifs is 1. The van der Waals surface area contributed by atoms with E-state index in [1.54, 1.807) is 0 Å². The molecule has 0 saturated heterocycles. The molecule has 3 aromatic rings. The lowest BCUT2D eigenvalue weighted by molar-refractivity contribution is 0.352. The average Bonchev–Trinajstić information content (AvgIpc) is 2.97. The van der Waals surface area contributed by atoms with E-state index in [0.29, 0.717) is 10.8 Å². The Morgan fingerprint density at radius 2 is 1.86 bits per heavy atom. The molecule has 0 radical (unpaired) electrons. The first-order valence-corrected chi connectivity index (χ1v) is 8.27. The Morgan fingerprint density at radius 3 is 2.73 bits per heavy atom. The molecule has 0 spiro atoms. The molecule has 0 unspecified atom stereocenters. The molecule has 112 valence electrons. The lowest BCUT2D eigenvalue weighted by Crippen LogP contribution is -2.14. The third-order valence-corrected chi connectivity index (χ3v) is 4.76. The molecule has 4 nitrogen and oxygen atoms in total. The van der Waals surface area contributed by atoms with Gasteiger partial charge in [-0.3, -0.25) is 9.67 Å². The highest BCUT2D eigenvalue weighted by atomic mass is 32.1. The molecular weight excluding hydrogens is 292 g/mol. The first-order valence-electron chi connectivity index (χ1n) is 7.86. The zero-order valence-electron chi connectivity index (χ0n) is 12.3. The first-order chi connectivity index (χ1) is 10.8. The molecule has 0 amide bonds. The summed E-state index contributed by atoms with van der Waals surface area (Å²) in [6.07, 6.45) is 6.21. The Morgan fingerprint density at radius 1 is 1.05 bits per heavy atom. The molecule has 1 aromatic carbocycles. The molecule has 4 rings (SSSR count). The summed E-state index contributed by atoms with van der Waals surface area (Å²) in [5.41, 5.74) is 1.88. The maximum atomic E-state index is 5.47. The van der Waals surface area contributed by atoms with Crippen LogP contribution in [0.3, 0.4) is 0 Å². The molecule has 1 aliphatic carbocycles. The maximum absolute atomic E-state index is 5.47. The second-order valence-corrected chi connectivity index (χ2v) is 6.29. The van der Waals surface area contributed by atoms with Gasteiger partial charge in [0.05, 0.1) is 5.52 Å². The third-order valence-electron chi connectivity index (χ3n) is 4.47. The van der Waals surface area contributed by atoms with Gasteiger partial charge in [0.15, 0.2) is 10.6 Å². The number of H-pyrrole nitrogens is 1. The summed E-state index contributed by atoms with van der Waals surface area (Å²) < 4.78 is 2.88. The molecule has 1 N–H and O–H groups in total. The van der Waals surface area contributed by atoms with E-state index in [4.69, 9.17) is 17.2 Å². The van der Waals surface area contributed by atoms with Crippen molar-refractivity contribution < 1.29 is 0 Å². The van der Waals surface area contributed by atoms with Gasteiger partial charge in [0.2, 0.25) is 0 Å². The van der Waals surface area contributed by atoms with Crippen molar-refractivity contribution >= 4 is 23.1 Å². The van der Waals surface area contributed by atoms with Crippen LogP contribution in [0.5, 0.6) is 0 Å². The largest absolute Gasteiger partial charge is 0.296 e. The van der Waals surface area contributed by atoms with Crippen molar-refractivity contribution in [1.82, 2.24) is 19.7 Å². The Hall–Kier alpha value is -2.01. The van der Waals surface area contributed by atoms with Gasteiger partial charge in [-0.1, -0.05) is 43.5 Å². The highest BCUT2D eigenvalue weighted by Gasteiger charge is 2.21. The summed E-state index contributed by atoms with van der Waals surface area (Å²) in [4.78, 5) is 4.76. The fourth-order valence-electron chi connectivity index (χ4n) is 3.35. The van der Waals surface area contributed by atoms with E-state index in [1.807, 2.05) is 24.3 Å². The van der Waals surface area contributed by atoms with E-state index in [1.165, 1.54) is 32.1 Å². The number of aromatic amines is 1. The summed E-state index contributed by atoms with van der Waals surface area (Å²) >= 11 is 5.47. The molecule has 0 bridgehead atoms. The topological polar surface area (TPSA) is 46.5 Å². The van der Waals surface area contributed by atoms with Gasteiger partial charge in [0, 0.05) is 11.4 Å². The minimum absolute atomic E-state index is 0.447. The second-order valence-electron chi connectivity index (χ2n) is 5.90. The van der Waals surface area contributed by atoms with E-state index in [0.717, 1.165) is 22.4 Å². The summed E-state index contributed by atoms with van der Waals surface area (Å²) in [5.74, 6) is 0.864. The maximum Gasteiger partial charge on any atom is 0.195 e. The van der Waals surface area contributed by atoms with Gasteiger partial charge < -0.3 is 0 Å². The van der Waals surface area contributed by atoms with Crippen molar-refractivity contribution in [3.63, 3.8) is 0 Å². The quantitative estimate of drug-likeness (QED) is 0.700. The van der Waals surface area contributed by atoms with Crippen molar-refractivity contribution in [2.75, 3.05) is 0 Å². The summed E-state index contributed by atoms with van der Waals surface area (Å²) in [6, 6.07) is 12.7. The van der Waals surface area contributed by atoms with Crippen LogP contribution in [0.4, 0.5) is 0 Å². The van der Waals surface area contributed by atoms with Gasteiger partial charge >= 0.3 is 0 Å². The number of rotatable bonds is 2. The van der Waals surface area contributed by atoms with Crippen molar-refractivity contribution in [3.05, 3.63) is 41.2 Å². The van der Waals surface area contributed by atoms with E-state index >= 15 is 0 Å². The highest BCUT2D eigenvalue weighted by molar-refractivity contribution is 7.71. The summed E-state index contributed by atoms with van der Waals surface area (Å²) in [6.45, 7) is 0. The molecule has 1 fully saturated rings. The van der Waals surface area contributed by atoms with Crippen molar-refractivity contribution in [1.29, 1.82) is 0 Å². The number of hydrogen-bond acceptors (Lipinski definition) is 3. The Bertz CT molecular complexity index is 858. The lowest BCUT2D eigenvalue weighted by atomic mass is 9.95. The predicted molar refractivity (Wildman–Crippen MR) is 90.3 cm³/mol. The van der Waals surface area contributed by atoms with Crippen LogP contribution in [0.2, 0.25) is 0 Å². The Balaban J connectivity index is 1.82. The van der Waals surface area contributed by atoms with E-state index in [2.05, 4.69) is 26.9 Å². The number of hydrogen-bond donors (Lipinski definition) is 1. The molecule has 0 aliphatic heterocycles. The number of benzene rings is 1. The van der Waals surface area contributed by atoms with Crippen LogP contribution < -0.4 is 0 Å². The second kappa shape index (κ2) is 5.65. The first kappa shape index (κ1) is 13.6. The number of pyridine rings is 1. The van der Waals surface area contributed by atoms with Crippen molar-refractivity contribution in [2.24, 2.45) is 0 Å². The zero-order valence-corrected chi connectivity index (χ0v) is 13.1. The minimum Gasteiger partial charge on any atom is -0.296 e. The van der Waals surface area contributed by atoms with Crippen LogP contribution >= 0.6 is 12.2 Å². The van der Waals surface area contributed by atoms with Gasteiger partial charge in [-0.05, 0) is 37.2 Å². The van der Waals surface area contributed by atoms with E-state index < -0.39 is 0 Å². The monoisotopic (exact) mass is 310 g/mol. The fraction of sp³-hybridized carbons (Fsp3) is 0.353. The molecule has 1 aliphatic rings. The minimum atomic E-state index is 0.447. The van der Waals surface area contributed by atoms with Crippen LogP contribution in [-0.4, -0.2) is 19.7 Å². The molecule has 0 atom stereocenters. The predicted octanol–water partition coefficient (Wildman–Crippen LogP) is 4.66. The number of nitrogens with zero attached hydrogens (tertiary/aromatic N) is 3. The standard InChI is InChI=1S/C17H18N4S/c22-17-20-19-16(21(17)13-7-2-1-3-8-13)15-11-10-12-6-4-5-9-14(12)18-15/h4-6,9-11,13H,1-3,7-8H2,(H,20,22). The lowest BCUT2D eigenvalue weighted by Gasteiger charge is -2.23. The normalized spacial score (nSPS) is 16.2. The summed E-state index contributed by atoms with van der Waals surface area (Å²) in [5, 5.41) is 8.55. The fourth-order valence-corrected chi connectivity index (χ4v) is 3.64. The van der Waals surface area contributed by atoms with Crippen LogP contribution in [-0.2, 0) is 0 Å². The molecule has 5 heteroatoms. The average molecular weight is 310 g/mol. The van der Waals surface area contributed by atoms with E-state index in [9.17, 15) is 0 Å². The smallest absolute Gasteiger partial charge is 0.195 e. The van der Waals surface area contributed by atoms with Gasteiger partial charge in [-0.15, -0.1) is 0 Å². The number of para-hydroxylation sites is 1. The van der Waals surface area contributed by atoms with Crippen LogP contribution in [0.1, 0.15) is 38.1 Å². The SMILES string of the molecule is S=c1[nH]nc(-c2ccc3ccccc3n2)n1C1CCCCC1. The molecule has 22 heavy (non-hydrogen) atoms. The Labute approximate surface area is 134 Å². The van der Waals surface area contributed by atoms with Crippen LogP contribution in [0.25, 0.3) is 22.4 Å². The van der Waals surface area contributed by atoms with Crippen LogP contribution in [0.15, 0.2) is 36.4 Å². The van der Waals surface area contributed by atoms with Crippen molar-refractivity contribution in [2.45, 2.75) is 38.1 Å². The van der Waals surface area contributed by atoms with Gasteiger partial charge in [-0.25, -0.2) is 4.98 Å². The molecule has 2 heterocycles. The Kier molecular flexibility index (Phi) is 3.50. The van der Waals surface area contributed by atoms with Crippen molar-refractivity contribution in [3.8, 4) is 11.5 Å². The summed E-state index contributed by atoms with van der Waals surface area (Å²) in [7, 11) is 0. The van der Waals surface area contributed by atoms with Gasteiger partial charge in [0.1, 0.15) is 5.69 Å². The molecule has 1 saturated carbocycles. The van der Waals surface area contributed by atoms with Gasteiger partial charge in [-0.2, -0.15) is 5.10 Å². The number of aromatic nitrogens is 4. The number of nitrogens with one attached hydrogen (secondary N) is 1. The van der Waals surface area contributed by atoms with E-state index in [-0.39, 0.29) is 0 Å². The highest BCUT2D eigenvalue weighted by Crippen LogP contribution is 2.31. The van der Waals surface area contributed by atoms with Gasteiger partial charge in [0.25, 0.3) is 0 Å². The van der Waals surface area contributed by atoms with Crippen LogP contribution in [0, 0.1) is 4.77 Å². The zero-order chi connectivity index (χ0) is 14.9.